The lowest BCUT2D eigenvalue weighted by Crippen LogP contribution is -2.28. The summed E-state index contributed by atoms with van der Waals surface area (Å²) in [6, 6.07) is 6.40. The molecule has 2 amide bonds. The summed E-state index contributed by atoms with van der Waals surface area (Å²) in [5.74, 6) is 0.528. The molecule has 0 bridgehead atoms. The van der Waals surface area contributed by atoms with E-state index in [1.165, 1.54) is 0 Å². The van der Waals surface area contributed by atoms with Gasteiger partial charge >= 0.3 is 6.03 Å². The molecule has 23 heavy (non-hydrogen) atoms. The number of amides is 2. The molecule has 2 aromatic rings. The summed E-state index contributed by atoms with van der Waals surface area (Å²) >= 11 is 15.1. The van der Waals surface area contributed by atoms with E-state index in [9.17, 15) is 4.79 Å². The van der Waals surface area contributed by atoms with Gasteiger partial charge in [0.05, 0.1) is 16.8 Å². The second-order valence-corrected chi connectivity index (χ2v) is 6.17. The van der Waals surface area contributed by atoms with E-state index in [-0.39, 0.29) is 6.03 Å². The van der Waals surface area contributed by atoms with E-state index in [4.69, 9.17) is 27.9 Å². The van der Waals surface area contributed by atoms with E-state index in [2.05, 4.69) is 31.5 Å². The van der Waals surface area contributed by atoms with Gasteiger partial charge in [-0.25, -0.2) is 9.78 Å². The number of ether oxygens (including phenoxy) is 1. The summed E-state index contributed by atoms with van der Waals surface area (Å²) in [5, 5.41) is 6.34. The van der Waals surface area contributed by atoms with Crippen LogP contribution in [0.1, 0.15) is 12.5 Å². The minimum Gasteiger partial charge on any atom is -0.491 e. The van der Waals surface area contributed by atoms with Crippen LogP contribution in [0.3, 0.4) is 0 Å². The fourth-order valence-corrected chi connectivity index (χ4v) is 2.84. The molecule has 5 nitrogen and oxygen atoms in total. The zero-order valence-corrected chi connectivity index (χ0v) is 15.3. The predicted octanol–water partition coefficient (Wildman–Crippen LogP) is 4.87. The quantitative estimate of drug-likeness (QED) is 0.680. The number of anilines is 1. The van der Waals surface area contributed by atoms with Crippen LogP contribution in [0, 0.1) is 0 Å². The monoisotopic (exact) mass is 417 g/mol. The molecule has 0 aliphatic carbocycles. The highest BCUT2D eigenvalue weighted by molar-refractivity contribution is 9.10. The third-order valence-corrected chi connectivity index (χ3v) is 3.82. The van der Waals surface area contributed by atoms with Gasteiger partial charge in [-0.05, 0) is 46.6 Å². The lowest BCUT2D eigenvalue weighted by atomic mass is 10.3. The van der Waals surface area contributed by atoms with Crippen LogP contribution in [-0.2, 0) is 6.54 Å². The number of nitrogens with one attached hydrogen (secondary N) is 2. The standard InChI is InChI=1S/C15H14BrCl2N3O2/c1-2-23-14-11(16)5-10(17)6-12(14)21-15(22)20-8-9-3-4-13(18)19-7-9/h3-7H,2,8H2,1H3,(H2,20,21,22). The molecule has 0 radical (unpaired) electrons. The summed E-state index contributed by atoms with van der Waals surface area (Å²) in [7, 11) is 0. The van der Waals surface area contributed by atoms with Crippen LogP contribution in [0.2, 0.25) is 10.2 Å². The second-order valence-electron chi connectivity index (χ2n) is 4.49. The molecule has 0 saturated heterocycles. The van der Waals surface area contributed by atoms with E-state index in [1.807, 2.05) is 6.92 Å². The van der Waals surface area contributed by atoms with Crippen LogP contribution in [0.4, 0.5) is 10.5 Å². The molecule has 0 aliphatic heterocycles. The number of carbonyl (C=O) groups excluding carboxylic acids is 1. The molecule has 122 valence electrons. The Kier molecular flexibility index (Phi) is 6.50. The first-order valence-corrected chi connectivity index (χ1v) is 8.31. The molecule has 2 rings (SSSR count). The van der Waals surface area contributed by atoms with Gasteiger partial charge < -0.3 is 15.4 Å². The molecule has 1 aromatic carbocycles. The Hall–Kier alpha value is -1.50. The van der Waals surface area contributed by atoms with Gasteiger partial charge in [0.1, 0.15) is 5.15 Å². The highest BCUT2D eigenvalue weighted by Gasteiger charge is 2.12. The maximum Gasteiger partial charge on any atom is 0.319 e. The van der Waals surface area contributed by atoms with Crippen LogP contribution in [0.25, 0.3) is 0 Å². The smallest absolute Gasteiger partial charge is 0.319 e. The van der Waals surface area contributed by atoms with Crippen LogP contribution >= 0.6 is 39.1 Å². The molecule has 0 atom stereocenters. The number of halogens is 3. The average molecular weight is 419 g/mol. The van der Waals surface area contributed by atoms with Crippen molar-refractivity contribution in [1.29, 1.82) is 0 Å². The SMILES string of the molecule is CCOc1c(Br)cc(Cl)cc1NC(=O)NCc1ccc(Cl)nc1. The lowest BCUT2D eigenvalue weighted by molar-refractivity contribution is 0.251. The Morgan fingerprint density at radius 2 is 2.13 bits per heavy atom. The highest BCUT2D eigenvalue weighted by atomic mass is 79.9. The number of pyridine rings is 1. The van der Waals surface area contributed by atoms with Crippen molar-refractivity contribution < 1.29 is 9.53 Å². The third kappa shape index (κ3) is 5.27. The summed E-state index contributed by atoms with van der Waals surface area (Å²) in [5.41, 5.74) is 1.32. The largest absolute Gasteiger partial charge is 0.491 e. The fourth-order valence-electron chi connectivity index (χ4n) is 1.80. The second kappa shape index (κ2) is 8.38. The van der Waals surface area contributed by atoms with Gasteiger partial charge in [0.2, 0.25) is 0 Å². The van der Waals surface area contributed by atoms with Crippen molar-refractivity contribution in [2.24, 2.45) is 0 Å². The summed E-state index contributed by atoms with van der Waals surface area (Å²) in [6.45, 7) is 2.65. The molecule has 0 fully saturated rings. The first-order chi connectivity index (χ1) is 11.0. The van der Waals surface area contributed by atoms with Crippen molar-refractivity contribution in [2.75, 3.05) is 11.9 Å². The first-order valence-electron chi connectivity index (χ1n) is 6.76. The lowest BCUT2D eigenvalue weighted by Gasteiger charge is -2.14. The number of hydrogen-bond donors (Lipinski definition) is 2. The molecule has 1 heterocycles. The summed E-state index contributed by atoms with van der Waals surface area (Å²) < 4.78 is 6.20. The van der Waals surface area contributed by atoms with Crippen LogP contribution in [0.5, 0.6) is 5.75 Å². The molecular weight excluding hydrogens is 405 g/mol. The molecule has 0 saturated carbocycles. The minimum absolute atomic E-state index is 0.321. The highest BCUT2D eigenvalue weighted by Crippen LogP contribution is 2.36. The molecular formula is C15H14BrCl2N3O2. The maximum atomic E-state index is 12.0. The van der Waals surface area contributed by atoms with E-state index in [0.29, 0.717) is 39.2 Å². The first kappa shape index (κ1) is 17.8. The van der Waals surface area contributed by atoms with Gasteiger partial charge in [-0.3, -0.25) is 0 Å². The van der Waals surface area contributed by atoms with Gasteiger partial charge in [-0.15, -0.1) is 0 Å². The van der Waals surface area contributed by atoms with Gasteiger partial charge in [0, 0.05) is 17.8 Å². The van der Waals surface area contributed by atoms with Crippen LogP contribution < -0.4 is 15.4 Å². The minimum atomic E-state index is -0.380. The summed E-state index contributed by atoms with van der Waals surface area (Å²) in [6.07, 6.45) is 1.60. The van der Waals surface area contributed by atoms with Gasteiger partial charge in [-0.1, -0.05) is 29.3 Å². The Morgan fingerprint density at radius 1 is 1.35 bits per heavy atom. The van der Waals surface area contributed by atoms with Crippen LogP contribution in [-0.4, -0.2) is 17.6 Å². The van der Waals surface area contributed by atoms with Crippen molar-refractivity contribution in [3.05, 3.63) is 50.7 Å². The molecule has 8 heteroatoms. The van der Waals surface area contributed by atoms with Crippen molar-refractivity contribution >= 4 is 50.9 Å². The number of rotatable bonds is 5. The Bertz CT molecular complexity index is 696. The molecule has 0 spiro atoms. The van der Waals surface area contributed by atoms with Crippen molar-refractivity contribution in [2.45, 2.75) is 13.5 Å². The number of urea groups is 1. The number of nitrogens with zero attached hydrogens (tertiary/aromatic N) is 1. The number of hydrogen-bond acceptors (Lipinski definition) is 3. The molecule has 1 aromatic heterocycles. The Morgan fingerprint density at radius 3 is 2.78 bits per heavy atom. The van der Waals surface area contributed by atoms with Crippen molar-refractivity contribution in [3.63, 3.8) is 0 Å². The number of aromatic nitrogens is 1. The summed E-state index contributed by atoms with van der Waals surface area (Å²) in [4.78, 5) is 16.0. The van der Waals surface area contributed by atoms with Crippen molar-refractivity contribution in [3.8, 4) is 5.75 Å². The number of carbonyl (C=O) groups is 1. The maximum absolute atomic E-state index is 12.0. The molecule has 0 unspecified atom stereocenters. The van der Waals surface area contributed by atoms with E-state index >= 15 is 0 Å². The zero-order valence-electron chi connectivity index (χ0n) is 12.2. The fraction of sp³-hybridized carbons (Fsp3) is 0.200. The normalized spacial score (nSPS) is 10.3. The van der Waals surface area contributed by atoms with E-state index < -0.39 is 0 Å². The van der Waals surface area contributed by atoms with E-state index in [0.717, 1.165) is 5.56 Å². The average Bonchev–Trinajstić information content (AvgIpc) is 2.50. The predicted molar refractivity (Wildman–Crippen MR) is 95.4 cm³/mol. The Balaban J connectivity index is 2.03. The molecule has 2 N–H and O–H groups in total. The van der Waals surface area contributed by atoms with Crippen LogP contribution in [0.15, 0.2) is 34.9 Å². The third-order valence-electron chi connectivity index (χ3n) is 2.79. The van der Waals surface area contributed by atoms with E-state index in [1.54, 1.807) is 30.5 Å². The Labute approximate surface area is 152 Å². The van der Waals surface area contributed by atoms with Gasteiger partial charge in [0.25, 0.3) is 0 Å². The molecule has 0 aliphatic rings. The van der Waals surface area contributed by atoms with Gasteiger partial charge in [0.15, 0.2) is 5.75 Å². The van der Waals surface area contributed by atoms with Gasteiger partial charge in [-0.2, -0.15) is 0 Å². The zero-order chi connectivity index (χ0) is 16.8. The topological polar surface area (TPSA) is 63.2 Å². The number of benzene rings is 1. The van der Waals surface area contributed by atoms with Crippen molar-refractivity contribution in [1.82, 2.24) is 10.3 Å².